The molecule has 0 atom stereocenters. The molecule has 0 aliphatic carbocycles. The maximum Gasteiger partial charge on any atom is 0.126 e. The molecule has 0 unspecified atom stereocenters. The van der Waals surface area contributed by atoms with Gasteiger partial charge in [-0.3, -0.25) is 0 Å². The van der Waals surface area contributed by atoms with Crippen LogP contribution in [0.2, 0.25) is 0 Å². The number of aliphatic hydroxyl groups is 1. The lowest BCUT2D eigenvalue weighted by Crippen LogP contribution is -1.92. The average molecular weight is 228 g/mol. The zero-order valence-corrected chi connectivity index (χ0v) is 10.1. The van der Waals surface area contributed by atoms with Crippen molar-refractivity contribution in [2.24, 2.45) is 0 Å². The van der Waals surface area contributed by atoms with Crippen LogP contribution in [-0.2, 0) is 6.61 Å². The molecule has 0 radical (unpaired) electrons. The molecule has 0 spiro atoms. The van der Waals surface area contributed by atoms with E-state index in [4.69, 9.17) is 4.74 Å². The fourth-order valence-corrected chi connectivity index (χ4v) is 1.94. The third kappa shape index (κ3) is 2.32. The zero-order valence-electron chi connectivity index (χ0n) is 10.1. The van der Waals surface area contributed by atoms with Crippen LogP contribution in [0.5, 0.6) is 5.75 Å². The standard InChI is InChI=1S/C15H16O2/c1-11-5-3-4-6-13(11)14-9-12(10-16)7-8-15(14)17-2/h3-9,16H,10H2,1-2H3. The van der Waals surface area contributed by atoms with Crippen LogP contribution in [0.25, 0.3) is 11.1 Å². The summed E-state index contributed by atoms with van der Waals surface area (Å²) in [7, 11) is 1.66. The van der Waals surface area contributed by atoms with E-state index in [1.165, 1.54) is 5.56 Å². The SMILES string of the molecule is COc1ccc(CO)cc1-c1ccccc1C. The largest absolute Gasteiger partial charge is 0.496 e. The van der Waals surface area contributed by atoms with Gasteiger partial charge in [-0.25, -0.2) is 0 Å². The van der Waals surface area contributed by atoms with Crippen LogP contribution in [0.4, 0.5) is 0 Å². The van der Waals surface area contributed by atoms with Gasteiger partial charge in [0.15, 0.2) is 0 Å². The van der Waals surface area contributed by atoms with Crippen molar-refractivity contribution in [3.63, 3.8) is 0 Å². The molecule has 2 aromatic rings. The first-order valence-electron chi connectivity index (χ1n) is 5.60. The van der Waals surface area contributed by atoms with E-state index in [0.29, 0.717) is 0 Å². The molecule has 0 aromatic heterocycles. The molecule has 2 heteroatoms. The Labute approximate surface area is 101 Å². The summed E-state index contributed by atoms with van der Waals surface area (Å²) in [5.41, 5.74) is 4.25. The summed E-state index contributed by atoms with van der Waals surface area (Å²) in [5, 5.41) is 9.20. The predicted molar refractivity (Wildman–Crippen MR) is 69.1 cm³/mol. The molecule has 17 heavy (non-hydrogen) atoms. The summed E-state index contributed by atoms with van der Waals surface area (Å²) in [6.07, 6.45) is 0. The Hall–Kier alpha value is -1.80. The fraction of sp³-hybridized carbons (Fsp3) is 0.200. The van der Waals surface area contributed by atoms with Crippen LogP contribution in [0, 0.1) is 6.92 Å². The van der Waals surface area contributed by atoms with Crippen LogP contribution >= 0.6 is 0 Å². The number of rotatable bonds is 3. The molecule has 0 saturated heterocycles. The van der Waals surface area contributed by atoms with E-state index in [2.05, 4.69) is 19.1 Å². The summed E-state index contributed by atoms with van der Waals surface area (Å²) >= 11 is 0. The number of hydrogen-bond donors (Lipinski definition) is 1. The van der Waals surface area contributed by atoms with Crippen molar-refractivity contribution in [2.75, 3.05) is 7.11 Å². The van der Waals surface area contributed by atoms with Gasteiger partial charge in [0.2, 0.25) is 0 Å². The van der Waals surface area contributed by atoms with Gasteiger partial charge in [-0.1, -0.05) is 30.3 Å². The van der Waals surface area contributed by atoms with Crippen molar-refractivity contribution in [2.45, 2.75) is 13.5 Å². The smallest absolute Gasteiger partial charge is 0.126 e. The summed E-state index contributed by atoms with van der Waals surface area (Å²) < 4.78 is 5.37. The number of aliphatic hydroxyl groups excluding tert-OH is 1. The van der Waals surface area contributed by atoms with Gasteiger partial charge in [0.05, 0.1) is 13.7 Å². The molecule has 0 fully saturated rings. The van der Waals surface area contributed by atoms with Crippen LogP contribution < -0.4 is 4.74 Å². The molecular weight excluding hydrogens is 212 g/mol. The third-order valence-corrected chi connectivity index (χ3v) is 2.88. The van der Waals surface area contributed by atoms with Crippen molar-refractivity contribution in [1.29, 1.82) is 0 Å². The van der Waals surface area contributed by atoms with Gasteiger partial charge in [0.25, 0.3) is 0 Å². The first-order valence-corrected chi connectivity index (χ1v) is 5.60. The Kier molecular flexibility index (Phi) is 3.45. The minimum absolute atomic E-state index is 0.0445. The Morgan fingerprint density at radius 1 is 1.06 bits per heavy atom. The maximum atomic E-state index is 9.20. The molecule has 1 N–H and O–H groups in total. The number of hydrogen-bond acceptors (Lipinski definition) is 2. The van der Waals surface area contributed by atoms with E-state index >= 15 is 0 Å². The molecule has 0 aliphatic rings. The number of methoxy groups -OCH3 is 1. The highest BCUT2D eigenvalue weighted by Gasteiger charge is 2.08. The van der Waals surface area contributed by atoms with Gasteiger partial charge in [-0.2, -0.15) is 0 Å². The van der Waals surface area contributed by atoms with E-state index in [0.717, 1.165) is 22.4 Å². The third-order valence-electron chi connectivity index (χ3n) is 2.88. The van der Waals surface area contributed by atoms with Crippen molar-refractivity contribution >= 4 is 0 Å². The maximum absolute atomic E-state index is 9.20. The lowest BCUT2D eigenvalue weighted by atomic mass is 9.98. The molecule has 0 aliphatic heterocycles. The van der Waals surface area contributed by atoms with Crippen LogP contribution in [0.15, 0.2) is 42.5 Å². The van der Waals surface area contributed by atoms with E-state index in [9.17, 15) is 5.11 Å². The van der Waals surface area contributed by atoms with Crippen LogP contribution in [0.1, 0.15) is 11.1 Å². The molecule has 0 saturated carbocycles. The first kappa shape index (κ1) is 11.7. The topological polar surface area (TPSA) is 29.5 Å². The molecule has 0 bridgehead atoms. The molecule has 0 heterocycles. The zero-order chi connectivity index (χ0) is 12.3. The molecule has 2 nitrogen and oxygen atoms in total. The number of ether oxygens (including phenoxy) is 1. The van der Waals surface area contributed by atoms with Gasteiger partial charge < -0.3 is 9.84 Å². The lowest BCUT2D eigenvalue weighted by Gasteiger charge is -2.12. The van der Waals surface area contributed by atoms with Gasteiger partial charge in [0.1, 0.15) is 5.75 Å². The van der Waals surface area contributed by atoms with E-state index in [-0.39, 0.29) is 6.61 Å². The summed E-state index contributed by atoms with van der Waals surface area (Å²) in [6, 6.07) is 13.9. The van der Waals surface area contributed by atoms with Crippen molar-refractivity contribution in [1.82, 2.24) is 0 Å². The number of benzene rings is 2. The van der Waals surface area contributed by atoms with Gasteiger partial charge in [-0.15, -0.1) is 0 Å². The molecule has 88 valence electrons. The van der Waals surface area contributed by atoms with Crippen molar-refractivity contribution in [3.8, 4) is 16.9 Å². The minimum Gasteiger partial charge on any atom is -0.496 e. The normalized spacial score (nSPS) is 10.3. The Balaban J connectivity index is 2.60. The van der Waals surface area contributed by atoms with E-state index in [1.807, 2.05) is 30.3 Å². The summed E-state index contributed by atoms with van der Waals surface area (Å²) in [5.74, 6) is 0.830. The van der Waals surface area contributed by atoms with Gasteiger partial charge >= 0.3 is 0 Å². The highest BCUT2D eigenvalue weighted by molar-refractivity contribution is 5.73. The number of aryl methyl sites for hydroxylation is 1. The Bertz CT molecular complexity index is 518. The quantitative estimate of drug-likeness (QED) is 0.874. The predicted octanol–water partition coefficient (Wildman–Crippen LogP) is 3.16. The first-order chi connectivity index (χ1) is 8.26. The summed E-state index contributed by atoms with van der Waals surface area (Å²) in [4.78, 5) is 0. The second-order valence-electron chi connectivity index (χ2n) is 4.01. The van der Waals surface area contributed by atoms with Gasteiger partial charge in [-0.05, 0) is 35.7 Å². The van der Waals surface area contributed by atoms with Crippen LogP contribution in [0.3, 0.4) is 0 Å². The fourth-order valence-electron chi connectivity index (χ4n) is 1.94. The van der Waals surface area contributed by atoms with E-state index in [1.54, 1.807) is 7.11 Å². The Morgan fingerprint density at radius 3 is 2.47 bits per heavy atom. The van der Waals surface area contributed by atoms with E-state index < -0.39 is 0 Å². The average Bonchev–Trinajstić information content (AvgIpc) is 2.38. The lowest BCUT2D eigenvalue weighted by molar-refractivity contribution is 0.281. The second-order valence-corrected chi connectivity index (χ2v) is 4.01. The Morgan fingerprint density at radius 2 is 1.82 bits per heavy atom. The monoisotopic (exact) mass is 228 g/mol. The highest BCUT2D eigenvalue weighted by Crippen LogP contribution is 2.32. The van der Waals surface area contributed by atoms with Crippen molar-refractivity contribution < 1.29 is 9.84 Å². The second kappa shape index (κ2) is 5.02. The highest BCUT2D eigenvalue weighted by atomic mass is 16.5. The van der Waals surface area contributed by atoms with Crippen LogP contribution in [-0.4, -0.2) is 12.2 Å². The van der Waals surface area contributed by atoms with Crippen molar-refractivity contribution in [3.05, 3.63) is 53.6 Å². The molecule has 2 rings (SSSR count). The molecule has 0 amide bonds. The minimum atomic E-state index is 0.0445. The summed E-state index contributed by atoms with van der Waals surface area (Å²) in [6.45, 7) is 2.11. The molecular formula is C15H16O2. The molecule has 2 aromatic carbocycles. The van der Waals surface area contributed by atoms with Gasteiger partial charge in [0, 0.05) is 5.56 Å².